The zero-order chi connectivity index (χ0) is 53.6. The molecule has 0 radical (unpaired) electrons. The van der Waals surface area contributed by atoms with E-state index in [-0.39, 0.29) is 0 Å². The molecule has 9 aliphatic rings. The summed E-state index contributed by atoms with van der Waals surface area (Å²) in [6.07, 6.45) is 45.2. The van der Waals surface area contributed by atoms with E-state index in [1.54, 1.807) is 37.0 Å². The van der Waals surface area contributed by atoms with Gasteiger partial charge in [-0.05, 0) is 128 Å². The lowest BCUT2D eigenvalue weighted by atomic mass is 9.88. The van der Waals surface area contributed by atoms with Crippen molar-refractivity contribution >= 4 is 29.4 Å². The second kappa shape index (κ2) is 49.0. The molecule has 2 nitrogen and oxygen atoms in total. The van der Waals surface area contributed by atoms with Crippen molar-refractivity contribution in [2.75, 3.05) is 37.8 Å². The van der Waals surface area contributed by atoms with Crippen LogP contribution in [0.3, 0.4) is 0 Å². The van der Waals surface area contributed by atoms with Crippen molar-refractivity contribution in [2.45, 2.75) is 306 Å². The van der Waals surface area contributed by atoms with Crippen LogP contribution in [0.25, 0.3) is 0 Å². The number of hydrogen-bond donors (Lipinski definition) is 1. The molecule has 5 aliphatic heterocycles. The van der Waals surface area contributed by atoms with Gasteiger partial charge < -0.3 is 10.1 Å². The molecule has 0 spiro atoms. The Labute approximate surface area is 469 Å². The van der Waals surface area contributed by atoms with E-state index >= 15 is 0 Å². The number of piperidine rings is 1. The highest BCUT2D eigenvalue weighted by Gasteiger charge is 2.26. The molecule has 1 N–H and O–H groups in total. The van der Waals surface area contributed by atoms with Crippen LogP contribution in [0.1, 0.15) is 267 Å². The minimum absolute atomic E-state index is 0.477. The summed E-state index contributed by atoms with van der Waals surface area (Å²) >= 11 is 2.10. The van der Waals surface area contributed by atoms with Crippen LogP contribution in [0, 0.1) is 53.3 Å². The average molecular weight is 1070 g/mol. The van der Waals surface area contributed by atoms with Crippen LogP contribution in [0.5, 0.6) is 0 Å². The first-order valence-electron chi connectivity index (χ1n) is 33.2. The van der Waals surface area contributed by atoms with Gasteiger partial charge in [-0.1, -0.05) is 291 Å². The van der Waals surface area contributed by atoms with Gasteiger partial charge in [0.1, 0.15) is 0 Å². The number of thioether (sulfide) groups is 1. The van der Waals surface area contributed by atoms with Crippen LogP contribution < -0.4 is 5.32 Å². The minimum atomic E-state index is -0.632. The summed E-state index contributed by atoms with van der Waals surface area (Å²) in [6.45, 7) is 32.7. The Bertz CT molecular complexity index is 1130. The number of rotatable bonds is 3. The third-order valence-corrected chi connectivity index (χ3v) is 24.5. The molecular formula is C68H135NOSSi2. The average Bonchev–Trinajstić information content (AvgIpc) is 4.15. The molecule has 5 heterocycles. The summed E-state index contributed by atoms with van der Waals surface area (Å²) in [4.78, 5) is 0. The molecule has 73 heavy (non-hydrogen) atoms. The van der Waals surface area contributed by atoms with Crippen LogP contribution in [-0.4, -0.2) is 55.4 Å². The third kappa shape index (κ3) is 45.5. The maximum atomic E-state index is 5.14. The summed E-state index contributed by atoms with van der Waals surface area (Å²) in [6, 6.07) is 16.9. The lowest BCUT2D eigenvalue weighted by Crippen LogP contribution is -2.30. The van der Waals surface area contributed by atoms with Gasteiger partial charge >= 0.3 is 0 Å². The predicted octanol–water partition coefficient (Wildman–Crippen LogP) is 21.7. The molecule has 1 aromatic rings. The van der Waals surface area contributed by atoms with Crippen molar-refractivity contribution in [3.8, 4) is 0 Å². The van der Waals surface area contributed by atoms with Gasteiger partial charge in [0.2, 0.25) is 0 Å². The quantitative estimate of drug-likeness (QED) is 0.305. The number of benzene rings is 1. The van der Waals surface area contributed by atoms with Crippen molar-refractivity contribution in [3.05, 3.63) is 35.9 Å². The fourth-order valence-corrected chi connectivity index (χ4v) is 18.1. The van der Waals surface area contributed by atoms with Gasteiger partial charge in [0.05, 0.1) is 0 Å². The molecule has 0 bridgehead atoms. The normalized spacial score (nSPS) is 24.6. The maximum absolute atomic E-state index is 5.14. The van der Waals surface area contributed by atoms with E-state index in [1.807, 2.05) is 6.07 Å². The minimum Gasteiger partial charge on any atom is -0.381 e. The lowest BCUT2D eigenvalue weighted by molar-refractivity contribution is 0.0716. The predicted molar refractivity (Wildman–Crippen MR) is 343 cm³/mol. The molecule has 9 fully saturated rings. The molecule has 10 rings (SSSR count). The van der Waals surface area contributed by atoms with E-state index in [4.69, 9.17) is 4.74 Å². The van der Waals surface area contributed by atoms with Crippen LogP contribution in [0.4, 0.5) is 0 Å². The van der Waals surface area contributed by atoms with E-state index in [9.17, 15) is 0 Å². The number of aryl methyl sites for hydroxylation is 1. The van der Waals surface area contributed by atoms with Gasteiger partial charge in [-0.2, -0.15) is 11.8 Å². The molecule has 432 valence electrons. The number of ether oxygens (including phenoxy) is 1. The third-order valence-electron chi connectivity index (χ3n) is 18.3. The first kappa shape index (κ1) is 70.9. The van der Waals surface area contributed by atoms with Crippen molar-refractivity contribution in [1.29, 1.82) is 0 Å². The van der Waals surface area contributed by atoms with E-state index < -0.39 is 8.07 Å². The highest BCUT2D eigenvalue weighted by Crippen LogP contribution is 2.32. The Morgan fingerprint density at radius 3 is 1.08 bits per heavy atom. The van der Waals surface area contributed by atoms with Gasteiger partial charge in [-0.25, -0.2) is 0 Å². The molecular weight excluding hydrogens is 935 g/mol. The maximum Gasteiger partial charge on any atom is 0.0473 e. The first-order valence-corrected chi connectivity index (χ1v) is 39.7. The van der Waals surface area contributed by atoms with Crippen LogP contribution in [-0.2, 0) is 11.2 Å². The van der Waals surface area contributed by atoms with Crippen LogP contribution in [0.15, 0.2) is 30.3 Å². The van der Waals surface area contributed by atoms with Gasteiger partial charge in [-0.15, -0.1) is 0 Å². The molecule has 5 heteroatoms. The van der Waals surface area contributed by atoms with E-state index in [0.29, 0.717) is 9.52 Å². The van der Waals surface area contributed by atoms with E-state index in [1.165, 1.54) is 210 Å². The second-order valence-corrected chi connectivity index (χ2v) is 35.2. The Balaban J connectivity index is 0.000000406. The summed E-state index contributed by atoms with van der Waals surface area (Å²) in [5.41, 5.74) is 1.41. The van der Waals surface area contributed by atoms with E-state index in [2.05, 4.69) is 124 Å². The SMILES string of the molecule is CC1CCCC1.CC1CCCCC1.CC1CCNCC1.CC1CCOCC1.CC1CCSCC1.CC1CC[SiH2]CC1.CC1CC[Si](C)(C)CC1.CCC1CCCC1.CCC1CCCCC1.CCc1ccccc1. The Morgan fingerprint density at radius 2 is 0.822 bits per heavy atom. The first-order chi connectivity index (χ1) is 35.3. The van der Waals surface area contributed by atoms with Crippen molar-refractivity contribution < 1.29 is 4.74 Å². The summed E-state index contributed by atoms with van der Waals surface area (Å²) in [5.74, 6) is 12.1. The van der Waals surface area contributed by atoms with Crippen LogP contribution >= 0.6 is 11.8 Å². The van der Waals surface area contributed by atoms with Crippen LogP contribution in [0.2, 0.25) is 37.3 Å². The van der Waals surface area contributed by atoms with Gasteiger partial charge in [0, 0.05) is 30.8 Å². The van der Waals surface area contributed by atoms with Gasteiger partial charge in [0.15, 0.2) is 0 Å². The molecule has 4 aliphatic carbocycles. The molecule has 5 saturated heterocycles. The fourth-order valence-electron chi connectivity index (χ4n) is 11.6. The summed E-state index contributed by atoms with van der Waals surface area (Å²) in [7, 11) is -0.156. The largest absolute Gasteiger partial charge is 0.381 e. The van der Waals surface area contributed by atoms with E-state index in [0.717, 1.165) is 72.9 Å². The lowest BCUT2D eigenvalue weighted by Gasteiger charge is -2.30. The molecule has 4 saturated carbocycles. The fraction of sp³-hybridized carbons (Fsp3) is 0.912. The Morgan fingerprint density at radius 1 is 0.452 bits per heavy atom. The summed E-state index contributed by atoms with van der Waals surface area (Å²) < 4.78 is 5.14. The topological polar surface area (TPSA) is 21.3 Å². The highest BCUT2D eigenvalue weighted by atomic mass is 32.2. The molecule has 1 aromatic carbocycles. The number of nitrogens with one attached hydrogen (secondary N) is 1. The summed E-state index contributed by atoms with van der Waals surface area (Å²) in [5, 5.41) is 3.32. The number of hydrogen-bond acceptors (Lipinski definition) is 3. The standard InChI is InChI=1S/C8H18Si.C8H16.C8H10.2C7H14.C6H13N.C6H12O.C6H12S.C6H14Si.C6H12/c1-8-4-6-9(2,3)7-5-8;2*1-2-8-6-4-3-5-7-8;1-7-5-3-2-4-6-7;1-2-7-5-3-4-6-7;4*1-6-2-4-7-5-3-6;1-6-4-2-3-5-6/h8H,4-7H2,1-3H3;8H,2-7H2,1H3;3-7H,2H2,1H3;2*7H,2-6H2,1H3;6-7H,2-5H2,1H3;2*6H,2-5H2,1H3;6H,2-5,7H2,1H3;6H,2-5H2,1H3. The Kier molecular flexibility index (Phi) is 47.6. The molecule has 0 atom stereocenters. The second-order valence-electron chi connectivity index (χ2n) is 26.6. The van der Waals surface area contributed by atoms with Crippen molar-refractivity contribution in [3.63, 3.8) is 0 Å². The van der Waals surface area contributed by atoms with Gasteiger partial charge in [0.25, 0.3) is 0 Å². The monoisotopic (exact) mass is 1070 g/mol. The molecule has 0 unspecified atom stereocenters. The smallest absolute Gasteiger partial charge is 0.0473 e. The zero-order valence-corrected chi connectivity index (χ0v) is 55.3. The Hall–Kier alpha value is -0.0762. The zero-order valence-electron chi connectivity index (χ0n) is 52.1. The van der Waals surface area contributed by atoms with Crippen molar-refractivity contribution in [1.82, 2.24) is 5.32 Å². The van der Waals surface area contributed by atoms with Gasteiger partial charge in [-0.3, -0.25) is 0 Å². The van der Waals surface area contributed by atoms with Crippen molar-refractivity contribution in [2.24, 2.45) is 53.3 Å². The molecule has 0 aromatic heterocycles. The molecule has 0 amide bonds. The highest BCUT2D eigenvalue weighted by molar-refractivity contribution is 7.99.